The normalized spacial score (nSPS) is 11.0. The molecule has 8 nitrogen and oxygen atoms in total. The van der Waals surface area contributed by atoms with Gasteiger partial charge in [-0.2, -0.15) is 0 Å². The van der Waals surface area contributed by atoms with E-state index < -0.39 is 12.7 Å². The van der Waals surface area contributed by atoms with E-state index in [4.69, 9.17) is 4.42 Å². The van der Waals surface area contributed by atoms with Crippen molar-refractivity contribution in [2.75, 3.05) is 24.8 Å². The van der Waals surface area contributed by atoms with E-state index in [2.05, 4.69) is 25.8 Å². The summed E-state index contributed by atoms with van der Waals surface area (Å²) in [7, 11) is 0. The minimum atomic E-state index is -0.612. The number of amides is 2. The molecule has 0 aliphatic carbocycles. The zero-order valence-corrected chi connectivity index (χ0v) is 16.2. The number of carbonyl (C=O) groups excluding carboxylic acids is 1. The van der Waals surface area contributed by atoms with E-state index >= 15 is 0 Å². The number of anilines is 1. The van der Waals surface area contributed by atoms with Crippen LogP contribution < -0.4 is 10.6 Å². The lowest BCUT2D eigenvalue weighted by Crippen LogP contribution is -2.30. The van der Waals surface area contributed by atoms with Crippen LogP contribution in [0.1, 0.15) is 0 Å². The van der Waals surface area contributed by atoms with E-state index in [0.29, 0.717) is 16.8 Å². The third kappa shape index (κ3) is 4.06. The van der Waals surface area contributed by atoms with Crippen molar-refractivity contribution in [2.24, 2.45) is 0 Å². The lowest BCUT2D eigenvalue weighted by Gasteiger charge is -2.08. The highest BCUT2D eigenvalue weighted by Crippen LogP contribution is 2.27. The molecule has 0 unspecified atom stereocenters. The Labute approximate surface area is 169 Å². The molecule has 0 aliphatic rings. The summed E-state index contributed by atoms with van der Waals surface area (Å²) in [4.78, 5) is 16.2. The number of carbonyl (C=O) groups is 1. The number of thioether (sulfide) groups is 1. The number of alkyl halides is 1. The van der Waals surface area contributed by atoms with Crippen molar-refractivity contribution in [1.82, 2.24) is 24.9 Å². The van der Waals surface area contributed by atoms with Gasteiger partial charge in [0.1, 0.15) is 12.3 Å². The topological polar surface area (TPSA) is 97.3 Å². The fourth-order valence-corrected chi connectivity index (χ4v) is 3.11. The van der Waals surface area contributed by atoms with Gasteiger partial charge >= 0.3 is 6.03 Å². The predicted octanol–water partition coefficient (Wildman–Crippen LogP) is 3.86. The number of rotatable bonds is 6. The molecule has 4 aromatic rings. The van der Waals surface area contributed by atoms with Crippen LogP contribution in [0.2, 0.25) is 0 Å². The second kappa shape index (κ2) is 8.31. The Morgan fingerprint density at radius 1 is 1.24 bits per heavy atom. The molecule has 0 atom stereocenters. The first-order valence-electron chi connectivity index (χ1n) is 8.74. The first-order chi connectivity index (χ1) is 14.2. The molecule has 0 aliphatic heterocycles. The fraction of sp³-hybridized carbons (Fsp3) is 0.158. The van der Waals surface area contributed by atoms with Crippen molar-refractivity contribution in [3.05, 3.63) is 48.8 Å². The van der Waals surface area contributed by atoms with Crippen molar-refractivity contribution >= 4 is 29.1 Å². The number of aromatic nitrogens is 4. The molecule has 0 saturated carbocycles. The third-order valence-corrected chi connectivity index (χ3v) is 4.65. The molecule has 2 N–H and O–H groups in total. The Morgan fingerprint density at radius 3 is 2.93 bits per heavy atom. The number of pyridine rings is 1. The molecule has 1 aromatic carbocycles. The van der Waals surface area contributed by atoms with Crippen molar-refractivity contribution in [3.8, 4) is 22.7 Å². The SMILES string of the molecule is CSc1nnc(-c2ccn3c(-c4cccc(NC(=O)NCCF)c4)cnc3c2)o1. The van der Waals surface area contributed by atoms with E-state index in [0.717, 1.165) is 22.5 Å². The minimum Gasteiger partial charge on any atom is -0.411 e. The average molecular weight is 412 g/mol. The number of hydrogen-bond donors (Lipinski definition) is 2. The van der Waals surface area contributed by atoms with Gasteiger partial charge in [-0.05, 0) is 30.5 Å². The molecule has 0 spiro atoms. The lowest BCUT2D eigenvalue weighted by molar-refractivity contribution is 0.251. The summed E-state index contributed by atoms with van der Waals surface area (Å²) in [6.07, 6.45) is 5.50. The van der Waals surface area contributed by atoms with Crippen LogP contribution >= 0.6 is 11.8 Å². The largest absolute Gasteiger partial charge is 0.411 e. The quantitative estimate of drug-likeness (QED) is 0.467. The predicted molar refractivity (Wildman–Crippen MR) is 109 cm³/mol. The molecule has 3 heterocycles. The van der Waals surface area contributed by atoms with Crippen LogP contribution in [-0.4, -0.2) is 45.1 Å². The van der Waals surface area contributed by atoms with Crippen LogP contribution in [0.25, 0.3) is 28.4 Å². The lowest BCUT2D eigenvalue weighted by atomic mass is 10.1. The van der Waals surface area contributed by atoms with Crippen LogP contribution in [0.15, 0.2) is 58.4 Å². The summed E-state index contributed by atoms with van der Waals surface area (Å²) >= 11 is 1.38. The van der Waals surface area contributed by atoms with Crippen molar-refractivity contribution in [3.63, 3.8) is 0 Å². The summed E-state index contributed by atoms with van der Waals surface area (Å²) in [5.41, 5.74) is 3.83. The Balaban J connectivity index is 1.61. The molecule has 0 bridgehead atoms. The molecule has 0 fully saturated rings. The smallest absolute Gasteiger partial charge is 0.319 e. The minimum absolute atomic E-state index is 0.0282. The van der Waals surface area contributed by atoms with E-state index in [1.54, 1.807) is 12.3 Å². The van der Waals surface area contributed by atoms with E-state index in [1.807, 2.05) is 47.2 Å². The number of fused-ring (bicyclic) bond motifs is 1. The Bertz CT molecular complexity index is 1160. The highest BCUT2D eigenvalue weighted by atomic mass is 32.2. The van der Waals surface area contributed by atoms with Gasteiger partial charge in [0, 0.05) is 29.6 Å². The van der Waals surface area contributed by atoms with Crippen LogP contribution in [0.4, 0.5) is 14.9 Å². The van der Waals surface area contributed by atoms with Crippen molar-refractivity contribution in [1.29, 1.82) is 0 Å². The molecular weight excluding hydrogens is 395 g/mol. The average Bonchev–Trinajstić information content (AvgIpc) is 3.39. The van der Waals surface area contributed by atoms with Crippen molar-refractivity contribution in [2.45, 2.75) is 5.22 Å². The highest BCUT2D eigenvalue weighted by molar-refractivity contribution is 7.98. The number of hydrogen-bond acceptors (Lipinski definition) is 6. The number of nitrogens with one attached hydrogen (secondary N) is 2. The van der Waals surface area contributed by atoms with Gasteiger partial charge in [-0.1, -0.05) is 23.9 Å². The Kier molecular flexibility index (Phi) is 5.43. The summed E-state index contributed by atoms with van der Waals surface area (Å²) in [6.45, 7) is -0.640. The van der Waals surface area contributed by atoms with Crippen LogP contribution in [0, 0.1) is 0 Å². The Morgan fingerprint density at radius 2 is 2.14 bits per heavy atom. The standard InChI is InChI=1S/C19H17FN6O2S/c1-29-19-25-24-17(28-19)13-5-8-26-15(11-22-16(26)10-13)12-3-2-4-14(9-12)23-18(27)21-7-6-20/h2-5,8-11H,6-7H2,1H3,(H2,21,23,27). The summed E-state index contributed by atoms with van der Waals surface area (Å²) in [5, 5.41) is 13.6. The van der Waals surface area contributed by atoms with Gasteiger partial charge in [0.2, 0.25) is 5.89 Å². The highest BCUT2D eigenvalue weighted by Gasteiger charge is 2.12. The third-order valence-electron chi connectivity index (χ3n) is 4.14. The van der Waals surface area contributed by atoms with Gasteiger partial charge < -0.3 is 15.1 Å². The maximum Gasteiger partial charge on any atom is 0.319 e. The second-order valence-corrected chi connectivity index (χ2v) is 6.77. The maximum atomic E-state index is 12.2. The summed E-state index contributed by atoms with van der Waals surface area (Å²) in [5.74, 6) is 0.437. The number of urea groups is 1. The van der Waals surface area contributed by atoms with Gasteiger partial charge in [-0.15, -0.1) is 10.2 Å². The molecule has 2 amide bonds. The zero-order valence-electron chi connectivity index (χ0n) is 15.4. The molecular formula is C19H17FN6O2S. The monoisotopic (exact) mass is 412 g/mol. The number of nitrogens with zero attached hydrogens (tertiary/aromatic N) is 4. The Hall–Kier alpha value is -3.40. The maximum absolute atomic E-state index is 12.2. The number of halogens is 1. The molecule has 0 radical (unpaired) electrons. The van der Waals surface area contributed by atoms with E-state index in [1.165, 1.54) is 11.8 Å². The van der Waals surface area contributed by atoms with Gasteiger partial charge in [0.25, 0.3) is 5.22 Å². The first kappa shape index (κ1) is 18.9. The molecule has 3 aromatic heterocycles. The fourth-order valence-electron chi connectivity index (χ4n) is 2.83. The zero-order chi connectivity index (χ0) is 20.2. The molecule has 148 valence electrons. The van der Waals surface area contributed by atoms with Crippen molar-refractivity contribution < 1.29 is 13.6 Å². The van der Waals surface area contributed by atoms with Crippen LogP contribution in [-0.2, 0) is 0 Å². The summed E-state index contributed by atoms with van der Waals surface area (Å²) in [6, 6.07) is 10.6. The van der Waals surface area contributed by atoms with Gasteiger partial charge in [-0.25, -0.2) is 14.2 Å². The number of benzene rings is 1. The molecule has 29 heavy (non-hydrogen) atoms. The second-order valence-electron chi connectivity index (χ2n) is 6.01. The molecule has 4 rings (SSSR count). The van der Waals surface area contributed by atoms with Crippen LogP contribution in [0.5, 0.6) is 0 Å². The molecule has 0 saturated heterocycles. The van der Waals surface area contributed by atoms with Crippen LogP contribution in [0.3, 0.4) is 0 Å². The van der Waals surface area contributed by atoms with Gasteiger partial charge in [-0.3, -0.25) is 4.40 Å². The van der Waals surface area contributed by atoms with E-state index in [9.17, 15) is 9.18 Å². The van der Waals surface area contributed by atoms with E-state index in [-0.39, 0.29) is 6.54 Å². The number of imidazole rings is 1. The first-order valence-corrected chi connectivity index (χ1v) is 9.96. The summed E-state index contributed by atoms with van der Waals surface area (Å²) < 4.78 is 19.7. The molecule has 10 heteroatoms. The van der Waals surface area contributed by atoms with Gasteiger partial charge in [0.15, 0.2) is 0 Å². The van der Waals surface area contributed by atoms with Gasteiger partial charge in [0.05, 0.1) is 11.9 Å².